The van der Waals surface area contributed by atoms with Crippen molar-refractivity contribution in [1.82, 2.24) is 25.4 Å². The number of carbonyl (C=O) groups excluding carboxylic acids is 1. The lowest BCUT2D eigenvalue weighted by molar-refractivity contribution is -0.117. The number of aryl methyl sites for hydroxylation is 1. The number of nitrogens with one attached hydrogen (secondary N) is 3. The van der Waals surface area contributed by atoms with Gasteiger partial charge in [0.25, 0.3) is 0 Å². The minimum Gasteiger partial charge on any atom is -0.334 e. The van der Waals surface area contributed by atoms with Crippen LogP contribution in [-0.2, 0) is 11.8 Å². The SMILES string of the molecule is Cn1cnc2cc(NC(=O)C3CC(c4cccnc4)NN3)ccc21. The second-order valence-corrected chi connectivity index (χ2v) is 5.96. The maximum atomic E-state index is 12.5. The summed E-state index contributed by atoms with van der Waals surface area (Å²) in [6.07, 6.45) is 5.99. The van der Waals surface area contributed by atoms with E-state index in [1.165, 1.54) is 0 Å². The van der Waals surface area contributed by atoms with E-state index in [-0.39, 0.29) is 18.0 Å². The lowest BCUT2D eigenvalue weighted by atomic mass is 10.0. The van der Waals surface area contributed by atoms with Gasteiger partial charge in [-0.05, 0) is 36.2 Å². The van der Waals surface area contributed by atoms with Crippen LogP contribution in [0, 0.1) is 0 Å². The predicted octanol–water partition coefficient (Wildman–Crippen LogP) is 1.51. The van der Waals surface area contributed by atoms with Crippen molar-refractivity contribution in [2.24, 2.45) is 7.05 Å². The van der Waals surface area contributed by atoms with E-state index >= 15 is 0 Å². The first-order valence-electron chi connectivity index (χ1n) is 7.83. The van der Waals surface area contributed by atoms with Gasteiger partial charge in [0.05, 0.1) is 17.4 Å². The molecule has 7 heteroatoms. The van der Waals surface area contributed by atoms with Gasteiger partial charge in [0.2, 0.25) is 5.91 Å². The van der Waals surface area contributed by atoms with Gasteiger partial charge in [-0.2, -0.15) is 0 Å². The van der Waals surface area contributed by atoms with Crippen LogP contribution in [-0.4, -0.2) is 26.5 Å². The molecule has 1 aromatic carbocycles. The van der Waals surface area contributed by atoms with Gasteiger partial charge in [-0.3, -0.25) is 9.78 Å². The molecule has 2 unspecified atom stereocenters. The summed E-state index contributed by atoms with van der Waals surface area (Å²) in [5.74, 6) is -0.0656. The van der Waals surface area contributed by atoms with Crippen LogP contribution < -0.4 is 16.2 Å². The van der Waals surface area contributed by atoms with Gasteiger partial charge in [-0.1, -0.05) is 6.07 Å². The maximum Gasteiger partial charge on any atom is 0.242 e. The predicted molar refractivity (Wildman–Crippen MR) is 91.0 cm³/mol. The Kier molecular flexibility index (Phi) is 3.72. The first-order valence-corrected chi connectivity index (χ1v) is 7.83. The van der Waals surface area contributed by atoms with E-state index in [1.807, 2.05) is 48.1 Å². The van der Waals surface area contributed by atoms with Gasteiger partial charge in [0.1, 0.15) is 6.04 Å². The Morgan fingerprint density at radius 1 is 1.33 bits per heavy atom. The van der Waals surface area contributed by atoms with Crippen molar-refractivity contribution in [2.75, 3.05) is 5.32 Å². The van der Waals surface area contributed by atoms with E-state index in [9.17, 15) is 4.79 Å². The number of rotatable bonds is 3. The Morgan fingerprint density at radius 3 is 3.08 bits per heavy atom. The minimum absolute atomic E-state index is 0.0656. The van der Waals surface area contributed by atoms with E-state index < -0.39 is 0 Å². The molecule has 1 amide bonds. The number of benzene rings is 1. The molecule has 0 aliphatic carbocycles. The van der Waals surface area contributed by atoms with Crippen molar-refractivity contribution in [3.63, 3.8) is 0 Å². The van der Waals surface area contributed by atoms with Gasteiger partial charge in [0.15, 0.2) is 0 Å². The number of hydrazine groups is 1. The van der Waals surface area contributed by atoms with Crippen molar-refractivity contribution in [3.05, 3.63) is 54.6 Å². The highest BCUT2D eigenvalue weighted by Crippen LogP contribution is 2.23. The Balaban J connectivity index is 1.44. The monoisotopic (exact) mass is 322 g/mol. The van der Waals surface area contributed by atoms with Crippen LogP contribution in [0.1, 0.15) is 18.0 Å². The quantitative estimate of drug-likeness (QED) is 0.681. The molecule has 1 aliphatic rings. The lowest BCUT2D eigenvalue weighted by Crippen LogP contribution is -2.39. The number of imidazole rings is 1. The number of carbonyl (C=O) groups is 1. The fraction of sp³-hybridized carbons (Fsp3) is 0.235. The van der Waals surface area contributed by atoms with Gasteiger partial charge in [-0.25, -0.2) is 15.8 Å². The Bertz CT molecular complexity index is 875. The number of hydrogen-bond acceptors (Lipinski definition) is 5. The molecule has 24 heavy (non-hydrogen) atoms. The Morgan fingerprint density at radius 2 is 2.25 bits per heavy atom. The average Bonchev–Trinajstić information content (AvgIpc) is 3.23. The van der Waals surface area contributed by atoms with E-state index in [0.29, 0.717) is 6.42 Å². The number of amides is 1. The molecule has 0 saturated carbocycles. The van der Waals surface area contributed by atoms with E-state index in [0.717, 1.165) is 22.3 Å². The summed E-state index contributed by atoms with van der Waals surface area (Å²) in [5, 5.41) is 2.95. The molecular formula is C17H18N6O. The van der Waals surface area contributed by atoms with Gasteiger partial charge in [0, 0.05) is 31.2 Å². The van der Waals surface area contributed by atoms with Crippen molar-refractivity contribution in [3.8, 4) is 0 Å². The summed E-state index contributed by atoms with van der Waals surface area (Å²) < 4.78 is 1.95. The molecule has 4 rings (SSSR count). The second kappa shape index (κ2) is 6.03. The molecule has 3 aromatic rings. The average molecular weight is 322 g/mol. The zero-order valence-electron chi connectivity index (χ0n) is 13.2. The smallest absolute Gasteiger partial charge is 0.242 e. The maximum absolute atomic E-state index is 12.5. The van der Waals surface area contributed by atoms with Gasteiger partial charge in [-0.15, -0.1) is 0 Å². The molecule has 1 fully saturated rings. The molecule has 2 aromatic heterocycles. The molecule has 0 bridgehead atoms. The highest BCUT2D eigenvalue weighted by atomic mass is 16.2. The highest BCUT2D eigenvalue weighted by Gasteiger charge is 2.30. The molecule has 1 aliphatic heterocycles. The summed E-state index contributed by atoms with van der Waals surface area (Å²) in [7, 11) is 1.94. The third-order valence-electron chi connectivity index (χ3n) is 4.30. The molecule has 3 N–H and O–H groups in total. The molecule has 7 nitrogen and oxygen atoms in total. The number of anilines is 1. The molecule has 2 atom stereocenters. The molecule has 3 heterocycles. The zero-order valence-corrected chi connectivity index (χ0v) is 13.2. The lowest BCUT2D eigenvalue weighted by Gasteiger charge is -2.11. The zero-order chi connectivity index (χ0) is 16.5. The van der Waals surface area contributed by atoms with Crippen LogP contribution in [0.4, 0.5) is 5.69 Å². The van der Waals surface area contributed by atoms with Crippen LogP contribution in [0.5, 0.6) is 0 Å². The van der Waals surface area contributed by atoms with Gasteiger partial charge >= 0.3 is 0 Å². The Labute approximate surface area is 139 Å². The van der Waals surface area contributed by atoms with Crippen molar-refractivity contribution >= 4 is 22.6 Å². The third kappa shape index (κ3) is 2.75. The summed E-state index contributed by atoms with van der Waals surface area (Å²) in [6, 6.07) is 9.41. The van der Waals surface area contributed by atoms with Crippen LogP contribution in [0.2, 0.25) is 0 Å². The third-order valence-corrected chi connectivity index (χ3v) is 4.30. The number of pyridine rings is 1. The van der Waals surface area contributed by atoms with E-state index in [4.69, 9.17) is 0 Å². The Hall–Kier alpha value is -2.77. The number of fused-ring (bicyclic) bond motifs is 1. The van der Waals surface area contributed by atoms with Crippen LogP contribution in [0.3, 0.4) is 0 Å². The van der Waals surface area contributed by atoms with E-state index in [1.54, 1.807) is 12.5 Å². The first kappa shape index (κ1) is 14.8. The summed E-state index contributed by atoms with van der Waals surface area (Å²) in [5.41, 5.74) is 9.92. The first-order chi connectivity index (χ1) is 11.7. The van der Waals surface area contributed by atoms with Crippen LogP contribution >= 0.6 is 0 Å². The van der Waals surface area contributed by atoms with Gasteiger partial charge < -0.3 is 9.88 Å². The molecular weight excluding hydrogens is 304 g/mol. The number of hydrogen-bond donors (Lipinski definition) is 3. The second-order valence-electron chi connectivity index (χ2n) is 5.96. The van der Waals surface area contributed by atoms with Crippen molar-refractivity contribution in [2.45, 2.75) is 18.5 Å². The normalized spacial score (nSPS) is 20.4. The highest BCUT2D eigenvalue weighted by molar-refractivity contribution is 5.96. The molecule has 122 valence electrons. The molecule has 1 saturated heterocycles. The summed E-state index contributed by atoms with van der Waals surface area (Å²) in [4.78, 5) is 20.9. The van der Waals surface area contributed by atoms with E-state index in [2.05, 4.69) is 26.1 Å². The fourth-order valence-corrected chi connectivity index (χ4v) is 2.97. The summed E-state index contributed by atoms with van der Waals surface area (Å²) >= 11 is 0. The molecule has 0 radical (unpaired) electrons. The molecule has 0 spiro atoms. The van der Waals surface area contributed by atoms with Crippen molar-refractivity contribution in [1.29, 1.82) is 0 Å². The number of aromatic nitrogens is 3. The van der Waals surface area contributed by atoms with Crippen molar-refractivity contribution < 1.29 is 4.79 Å². The minimum atomic E-state index is -0.297. The topological polar surface area (TPSA) is 83.9 Å². The standard InChI is InChI=1S/C17H18N6O/c1-23-10-19-14-7-12(4-5-16(14)23)20-17(24)15-8-13(21-22-15)11-3-2-6-18-9-11/h2-7,9-10,13,15,21-22H,8H2,1H3,(H,20,24). The van der Waals surface area contributed by atoms with Crippen LogP contribution in [0.15, 0.2) is 49.1 Å². The van der Waals surface area contributed by atoms with Crippen LogP contribution in [0.25, 0.3) is 11.0 Å². The largest absolute Gasteiger partial charge is 0.334 e. The summed E-state index contributed by atoms with van der Waals surface area (Å²) in [6.45, 7) is 0. The number of nitrogens with zero attached hydrogens (tertiary/aromatic N) is 3. The fourth-order valence-electron chi connectivity index (χ4n) is 2.97.